The van der Waals surface area contributed by atoms with Gasteiger partial charge in [-0.05, 0) is 32.0 Å². The topological polar surface area (TPSA) is 58.5 Å². The molecule has 5 heteroatoms. The molecule has 0 saturated heterocycles. The molecule has 0 atom stereocenters. The average molecular weight is 281 g/mol. The fourth-order valence-electron chi connectivity index (χ4n) is 2.46. The smallest absolute Gasteiger partial charge is 0.0648 e. The summed E-state index contributed by atoms with van der Waals surface area (Å²) >= 11 is 0. The van der Waals surface area contributed by atoms with E-state index in [2.05, 4.69) is 46.6 Å². The molecular weight excluding hydrogens is 262 g/mol. The van der Waals surface area contributed by atoms with E-state index in [0.29, 0.717) is 0 Å². The first kappa shape index (κ1) is 13.6. The van der Waals surface area contributed by atoms with Crippen LogP contribution < -0.4 is 5.32 Å². The molecule has 3 rings (SSSR count). The minimum Gasteiger partial charge on any atom is -0.307 e. The zero-order valence-corrected chi connectivity index (χ0v) is 12.3. The molecule has 0 radical (unpaired) electrons. The summed E-state index contributed by atoms with van der Waals surface area (Å²) in [6.07, 6.45) is 1.76. The van der Waals surface area contributed by atoms with E-state index in [1.165, 1.54) is 11.3 Å². The largest absolute Gasteiger partial charge is 0.307 e. The van der Waals surface area contributed by atoms with Crippen LogP contribution in [0.15, 0.2) is 42.6 Å². The van der Waals surface area contributed by atoms with E-state index in [9.17, 15) is 0 Å². The van der Waals surface area contributed by atoms with Crippen molar-refractivity contribution in [3.05, 3.63) is 65.2 Å². The highest BCUT2D eigenvalue weighted by Gasteiger charge is 2.12. The molecule has 108 valence electrons. The van der Waals surface area contributed by atoms with Gasteiger partial charge in [-0.1, -0.05) is 18.2 Å². The Morgan fingerprint density at radius 1 is 1.10 bits per heavy atom. The Morgan fingerprint density at radius 2 is 1.90 bits per heavy atom. The SMILES string of the molecule is Cc1nn(-c2ccccc2)c(C)c1CNCc1ccn[nH]1. The molecular formula is C16H19N5. The van der Waals surface area contributed by atoms with Crippen molar-refractivity contribution >= 4 is 0 Å². The third kappa shape index (κ3) is 2.87. The summed E-state index contributed by atoms with van der Waals surface area (Å²) in [6, 6.07) is 12.2. The highest BCUT2D eigenvalue weighted by molar-refractivity contribution is 5.36. The van der Waals surface area contributed by atoms with Crippen LogP contribution in [0.25, 0.3) is 5.69 Å². The zero-order valence-electron chi connectivity index (χ0n) is 12.3. The fourth-order valence-corrected chi connectivity index (χ4v) is 2.46. The van der Waals surface area contributed by atoms with Gasteiger partial charge in [0.2, 0.25) is 0 Å². The molecule has 0 saturated carbocycles. The van der Waals surface area contributed by atoms with Gasteiger partial charge in [-0.15, -0.1) is 0 Å². The molecule has 2 heterocycles. The van der Waals surface area contributed by atoms with Gasteiger partial charge in [-0.3, -0.25) is 5.10 Å². The van der Waals surface area contributed by atoms with E-state index in [-0.39, 0.29) is 0 Å². The molecule has 21 heavy (non-hydrogen) atoms. The molecule has 2 aromatic heterocycles. The van der Waals surface area contributed by atoms with Crippen molar-refractivity contribution < 1.29 is 0 Å². The normalized spacial score (nSPS) is 11.0. The summed E-state index contributed by atoms with van der Waals surface area (Å²) < 4.78 is 2.00. The Kier molecular flexibility index (Phi) is 3.83. The van der Waals surface area contributed by atoms with E-state index in [1.54, 1.807) is 6.20 Å². The number of nitrogens with one attached hydrogen (secondary N) is 2. The van der Waals surface area contributed by atoms with E-state index < -0.39 is 0 Å². The predicted octanol–water partition coefficient (Wildman–Crippen LogP) is 2.50. The summed E-state index contributed by atoms with van der Waals surface area (Å²) in [6.45, 7) is 5.73. The van der Waals surface area contributed by atoms with Crippen LogP contribution in [0.5, 0.6) is 0 Å². The van der Waals surface area contributed by atoms with Crippen LogP contribution in [0.2, 0.25) is 0 Å². The second kappa shape index (κ2) is 5.93. The van der Waals surface area contributed by atoms with Crippen molar-refractivity contribution in [3.8, 4) is 5.69 Å². The van der Waals surface area contributed by atoms with E-state index in [0.717, 1.165) is 30.2 Å². The number of hydrogen-bond donors (Lipinski definition) is 2. The number of para-hydroxylation sites is 1. The highest BCUT2D eigenvalue weighted by Crippen LogP contribution is 2.17. The Bertz CT molecular complexity index is 698. The Labute approximate surface area is 124 Å². The van der Waals surface area contributed by atoms with Crippen LogP contribution in [0.1, 0.15) is 22.6 Å². The lowest BCUT2D eigenvalue weighted by Crippen LogP contribution is -2.14. The minimum atomic E-state index is 0.773. The van der Waals surface area contributed by atoms with Crippen molar-refractivity contribution in [2.45, 2.75) is 26.9 Å². The van der Waals surface area contributed by atoms with Gasteiger partial charge >= 0.3 is 0 Å². The van der Waals surface area contributed by atoms with Crippen LogP contribution in [0, 0.1) is 13.8 Å². The lowest BCUT2D eigenvalue weighted by atomic mass is 10.2. The maximum absolute atomic E-state index is 4.65. The predicted molar refractivity (Wildman–Crippen MR) is 82.2 cm³/mol. The molecule has 2 N–H and O–H groups in total. The van der Waals surface area contributed by atoms with Crippen molar-refractivity contribution in [1.29, 1.82) is 0 Å². The quantitative estimate of drug-likeness (QED) is 0.755. The monoisotopic (exact) mass is 281 g/mol. The lowest BCUT2D eigenvalue weighted by Gasteiger charge is -2.06. The van der Waals surface area contributed by atoms with Crippen LogP contribution in [0.4, 0.5) is 0 Å². The molecule has 1 aromatic carbocycles. The van der Waals surface area contributed by atoms with E-state index >= 15 is 0 Å². The Hall–Kier alpha value is -2.40. The molecule has 0 aliphatic heterocycles. The van der Waals surface area contributed by atoms with Crippen LogP contribution in [-0.2, 0) is 13.1 Å². The summed E-state index contributed by atoms with van der Waals surface area (Å²) in [5.41, 5.74) is 5.67. The number of benzene rings is 1. The van der Waals surface area contributed by atoms with E-state index in [4.69, 9.17) is 0 Å². The minimum absolute atomic E-state index is 0.773. The number of H-pyrrole nitrogens is 1. The second-order valence-corrected chi connectivity index (χ2v) is 5.08. The van der Waals surface area contributed by atoms with Gasteiger partial charge in [-0.2, -0.15) is 10.2 Å². The first-order chi connectivity index (χ1) is 10.3. The first-order valence-electron chi connectivity index (χ1n) is 7.05. The number of aromatic amines is 1. The lowest BCUT2D eigenvalue weighted by molar-refractivity contribution is 0.672. The molecule has 0 aliphatic carbocycles. The van der Waals surface area contributed by atoms with Crippen LogP contribution in [0.3, 0.4) is 0 Å². The van der Waals surface area contributed by atoms with Gasteiger partial charge in [0, 0.05) is 36.2 Å². The molecule has 3 aromatic rings. The van der Waals surface area contributed by atoms with Gasteiger partial charge in [0.1, 0.15) is 0 Å². The maximum atomic E-state index is 4.65. The molecule has 0 spiro atoms. The summed E-state index contributed by atoms with van der Waals surface area (Å²) in [5.74, 6) is 0. The van der Waals surface area contributed by atoms with Gasteiger partial charge in [-0.25, -0.2) is 4.68 Å². The fraction of sp³-hybridized carbons (Fsp3) is 0.250. The van der Waals surface area contributed by atoms with Gasteiger partial charge in [0.15, 0.2) is 0 Å². The number of aryl methyl sites for hydroxylation is 1. The number of nitrogens with zero attached hydrogens (tertiary/aromatic N) is 3. The Balaban J connectivity index is 1.75. The first-order valence-corrected chi connectivity index (χ1v) is 7.05. The molecule has 5 nitrogen and oxygen atoms in total. The second-order valence-electron chi connectivity index (χ2n) is 5.08. The molecule has 0 amide bonds. The summed E-state index contributed by atoms with van der Waals surface area (Å²) in [4.78, 5) is 0. The maximum Gasteiger partial charge on any atom is 0.0648 e. The van der Waals surface area contributed by atoms with Gasteiger partial charge in [0.05, 0.1) is 11.4 Å². The van der Waals surface area contributed by atoms with E-state index in [1.807, 2.05) is 28.9 Å². The summed E-state index contributed by atoms with van der Waals surface area (Å²) in [5, 5.41) is 15.0. The molecule has 0 unspecified atom stereocenters. The number of aromatic nitrogens is 4. The zero-order chi connectivity index (χ0) is 14.7. The standard InChI is InChI=1S/C16H19N5/c1-12-16(11-17-10-14-8-9-18-19-14)13(2)21(20-12)15-6-4-3-5-7-15/h3-9,17H,10-11H2,1-2H3,(H,18,19). The average Bonchev–Trinajstić information content (AvgIpc) is 3.11. The van der Waals surface area contributed by atoms with Crippen molar-refractivity contribution in [1.82, 2.24) is 25.3 Å². The van der Waals surface area contributed by atoms with Gasteiger partial charge < -0.3 is 5.32 Å². The third-order valence-electron chi connectivity index (χ3n) is 3.62. The molecule has 0 aliphatic rings. The number of rotatable bonds is 5. The van der Waals surface area contributed by atoms with Crippen molar-refractivity contribution in [3.63, 3.8) is 0 Å². The van der Waals surface area contributed by atoms with Gasteiger partial charge in [0.25, 0.3) is 0 Å². The highest BCUT2D eigenvalue weighted by atomic mass is 15.3. The number of hydrogen-bond acceptors (Lipinski definition) is 3. The molecule has 0 bridgehead atoms. The summed E-state index contributed by atoms with van der Waals surface area (Å²) in [7, 11) is 0. The Morgan fingerprint density at radius 3 is 2.62 bits per heavy atom. The molecule has 0 fully saturated rings. The van der Waals surface area contributed by atoms with Crippen LogP contribution >= 0.6 is 0 Å². The van der Waals surface area contributed by atoms with Crippen molar-refractivity contribution in [2.24, 2.45) is 0 Å². The third-order valence-corrected chi connectivity index (χ3v) is 3.62. The van der Waals surface area contributed by atoms with Crippen molar-refractivity contribution in [2.75, 3.05) is 0 Å². The van der Waals surface area contributed by atoms with Crippen LogP contribution in [-0.4, -0.2) is 20.0 Å².